The van der Waals surface area contributed by atoms with Gasteiger partial charge in [-0.1, -0.05) is 11.3 Å². The van der Waals surface area contributed by atoms with E-state index in [0.29, 0.717) is 93.4 Å². The normalized spacial score (nSPS) is 19.9. The van der Waals surface area contributed by atoms with E-state index in [1.165, 1.54) is 4.90 Å². The van der Waals surface area contributed by atoms with Crippen molar-refractivity contribution < 1.29 is 37.1 Å². The summed E-state index contributed by atoms with van der Waals surface area (Å²) in [4.78, 5) is 61.8. The highest BCUT2D eigenvalue weighted by Gasteiger charge is 2.43. The lowest BCUT2D eigenvalue weighted by atomic mass is 9.91. The molecule has 0 spiro atoms. The number of pyridine rings is 1. The number of rotatable bonds is 9. The van der Waals surface area contributed by atoms with Gasteiger partial charge in [-0.15, -0.1) is 5.10 Å². The van der Waals surface area contributed by atoms with E-state index in [1.54, 1.807) is 42.2 Å². The van der Waals surface area contributed by atoms with Gasteiger partial charge < -0.3 is 28.9 Å². The van der Waals surface area contributed by atoms with Gasteiger partial charge in [0.2, 0.25) is 17.7 Å². The third kappa shape index (κ3) is 7.32. The van der Waals surface area contributed by atoms with Gasteiger partial charge in [0.1, 0.15) is 11.7 Å². The first-order valence-electron chi connectivity index (χ1n) is 23.7. The number of nitrogens with zero attached hydrogens (tertiary/aromatic N) is 11. The molecule has 10 heterocycles. The fraction of sp³-hybridized carbons (Fsp3) is 0.429. The second-order valence-corrected chi connectivity index (χ2v) is 19.0. The lowest BCUT2D eigenvalue weighted by Crippen LogP contribution is -2.52. The van der Waals surface area contributed by atoms with Gasteiger partial charge >= 0.3 is 0 Å². The van der Waals surface area contributed by atoms with Crippen molar-refractivity contribution in [2.45, 2.75) is 96.1 Å². The molecule has 0 radical (unpaired) electrons. The molecule has 1 unspecified atom stereocenters. The number of amides is 4. The van der Waals surface area contributed by atoms with Crippen molar-refractivity contribution in [3.63, 3.8) is 0 Å². The van der Waals surface area contributed by atoms with Crippen LogP contribution in [0.5, 0.6) is 0 Å². The minimum absolute atomic E-state index is 0.00775. The predicted octanol–water partition coefficient (Wildman–Crippen LogP) is 5.78. The number of aromatic nitrogens is 7. The molecule has 6 aliphatic rings. The van der Waals surface area contributed by atoms with Crippen LogP contribution in [0.15, 0.2) is 55.1 Å². The van der Waals surface area contributed by atoms with Crippen molar-refractivity contribution in [3.8, 4) is 11.1 Å². The molecule has 3 fully saturated rings. The SMILES string of the molecule is CC(=O)N1CCc2c(c(N3CCCc4cc(-c5cn(Cc6cn(C7CN(c8ccc9c(c8F)C(=O)N(C8CCC(=O)NC8=O)C9)C7)nn6)c6ccncc56)c(C(F)F)cc43)nn2C2CCOCC2)C1. The van der Waals surface area contributed by atoms with Gasteiger partial charge in [0.25, 0.3) is 12.3 Å². The Hall–Kier alpha value is -7.09. The number of ether oxygens (including phenoxy) is 1. The minimum atomic E-state index is -2.79. The number of piperidine rings is 1. The Morgan fingerprint density at radius 3 is 2.57 bits per heavy atom. The maximum atomic E-state index is 16.1. The van der Waals surface area contributed by atoms with Crippen LogP contribution in [0.3, 0.4) is 0 Å². The fourth-order valence-corrected chi connectivity index (χ4v) is 11.3. The zero-order valence-electron chi connectivity index (χ0n) is 37.9. The standard InChI is InChI=1S/C49H49F3N12O5/c1-27(65)58-14-9-39-37(26-58)47(56-64(39)31-10-15-69-16-11-31)61-13-2-3-28-17-33(34(46(51)52)18-42(28)61)36-25-59(38-8-12-53-19-35(36)38)21-30-22-63(57-55-30)32-23-60(24-32)40-5-4-29-20-62(49(68)44(29)45(40)50)41-6-7-43(66)54-48(41)67/h4-5,8,12,17-19,22,25,31-32,41,46H,2-3,6-7,9-11,13-16,20-21,23-24,26H2,1H3,(H,54,66,67). The van der Waals surface area contributed by atoms with Crippen LogP contribution in [0.2, 0.25) is 0 Å². The summed E-state index contributed by atoms with van der Waals surface area (Å²) >= 11 is 0. The van der Waals surface area contributed by atoms with Gasteiger partial charge in [0, 0.05) is 118 Å². The molecule has 4 amide bonds. The van der Waals surface area contributed by atoms with E-state index in [1.807, 2.05) is 38.9 Å². The lowest BCUT2D eigenvalue weighted by Gasteiger charge is -2.40. The molecule has 1 atom stereocenters. The Morgan fingerprint density at radius 1 is 0.928 bits per heavy atom. The Bertz CT molecular complexity index is 3100. The van der Waals surface area contributed by atoms with Crippen LogP contribution in [0, 0.1) is 5.82 Å². The fourth-order valence-electron chi connectivity index (χ4n) is 11.3. The average molecular weight is 943 g/mol. The Balaban J connectivity index is 0.796. The molecule has 2 aromatic carbocycles. The molecule has 4 aromatic heterocycles. The van der Waals surface area contributed by atoms with Crippen molar-refractivity contribution in [2.24, 2.45) is 0 Å². The quantitative estimate of drug-likeness (QED) is 0.175. The van der Waals surface area contributed by atoms with E-state index in [2.05, 4.69) is 30.2 Å². The second kappa shape index (κ2) is 16.8. The van der Waals surface area contributed by atoms with Gasteiger partial charge in [-0.2, -0.15) is 5.10 Å². The molecule has 356 valence electrons. The van der Waals surface area contributed by atoms with Crippen molar-refractivity contribution in [1.82, 2.24) is 49.4 Å². The molecule has 6 aliphatic heterocycles. The van der Waals surface area contributed by atoms with Gasteiger partial charge in [-0.3, -0.25) is 34.2 Å². The van der Waals surface area contributed by atoms with Crippen LogP contribution in [0.25, 0.3) is 22.0 Å². The molecule has 1 N–H and O–H groups in total. The van der Waals surface area contributed by atoms with E-state index in [4.69, 9.17) is 9.84 Å². The first-order chi connectivity index (χ1) is 33.5. The number of hydrogen-bond acceptors (Lipinski definition) is 11. The number of alkyl halides is 2. The Labute approximate surface area is 393 Å². The molecule has 0 saturated carbocycles. The molecule has 20 heteroatoms. The van der Waals surface area contributed by atoms with Crippen molar-refractivity contribution in [3.05, 3.63) is 100 Å². The van der Waals surface area contributed by atoms with Gasteiger partial charge in [0.15, 0.2) is 11.6 Å². The number of carbonyl (C=O) groups is 4. The average Bonchev–Trinajstić information content (AvgIpc) is 4.13. The summed E-state index contributed by atoms with van der Waals surface area (Å²) < 4.78 is 58.6. The first-order valence-corrected chi connectivity index (χ1v) is 23.7. The Morgan fingerprint density at radius 2 is 1.77 bits per heavy atom. The van der Waals surface area contributed by atoms with Crippen LogP contribution in [-0.2, 0) is 51.6 Å². The van der Waals surface area contributed by atoms with E-state index >= 15 is 13.2 Å². The smallest absolute Gasteiger partial charge is 0.264 e. The van der Waals surface area contributed by atoms with Gasteiger partial charge in [-0.25, -0.2) is 17.9 Å². The summed E-state index contributed by atoms with van der Waals surface area (Å²) in [7, 11) is 0. The summed E-state index contributed by atoms with van der Waals surface area (Å²) in [5.41, 5.74) is 6.86. The highest BCUT2D eigenvalue weighted by atomic mass is 19.3. The summed E-state index contributed by atoms with van der Waals surface area (Å²) in [5, 5.41) is 17.1. The van der Waals surface area contributed by atoms with Gasteiger partial charge in [0.05, 0.1) is 48.1 Å². The summed E-state index contributed by atoms with van der Waals surface area (Å²) in [6, 6.07) is 7.97. The monoisotopic (exact) mass is 942 g/mol. The lowest BCUT2D eigenvalue weighted by molar-refractivity contribution is -0.137. The number of aryl methyl sites for hydroxylation is 1. The van der Waals surface area contributed by atoms with E-state index in [0.717, 1.165) is 52.8 Å². The van der Waals surface area contributed by atoms with Crippen LogP contribution < -0.4 is 15.1 Å². The number of halogens is 3. The highest BCUT2D eigenvalue weighted by Crippen LogP contribution is 2.45. The topological polar surface area (TPSA) is 169 Å². The summed E-state index contributed by atoms with van der Waals surface area (Å²) in [6.45, 7) is 5.72. The number of benzene rings is 2. The number of fused-ring (bicyclic) bond motifs is 4. The van der Waals surface area contributed by atoms with E-state index in [9.17, 15) is 19.2 Å². The van der Waals surface area contributed by atoms with Crippen molar-refractivity contribution in [1.29, 1.82) is 0 Å². The molecule has 0 aliphatic carbocycles. The maximum Gasteiger partial charge on any atom is 0.264 e. The van der Waals surface area contributed by atoms with Crippen molar-refractivity contribution >= 4 is 51.7 Å². The number of carbonyl (C=O) groups excluding carboxylic acids is 4. The van der Waals surface area contributed by atoms with Crippen molar-refractivity contribution in [2.75, 3.05) is 49.2 Å². The van der Waals surface area contributed by atoms with Crippen LogP contribution >= 0.6 is 0 Å². The van der Waals surface area contributed by atoms with Gasteiger partial charge in [-0.05, 0) is 73.1 Å². The molecule has 12 rings (SSSR count). The first kappa shape index (κ1) is 43.2. The number of hydrogen-bond donors (Lipinski definition) is 1. The number of imide groups is 1. The third-order valence-electron chi connectivity index (χ3n) is 15.0. The van der Waals surface area contributed by atoms with Crippen LogP contribution in [0.1, 0.15) is 102 Å². The Kier molecular flexibility index (Phi) is 10.6. The summed E-state index contributed by atoms with van der Waals surface area (Å²) in [6.07, 6.45) is 8.45. The summed E-state index contributed by atoms with van der Waals surface area (Å²) in [5.74, 6) is -1.42. The van der Waals surface area contributed by atoms with Crippen LogP contribution in [0.4, 0.5) is 30.4 Å². The predicted molar refractivity (Wildman–Crippen MR) is 244 cm³/mol. The number of anilines is 3. The number of nitrogens with one attached hydrogen (secondary N) is 1. The molecule has 17 nitrogen and oxygen atoms in total. The molecule has 69 heavy (non-hydrogen) atoms. The zero-order valence-corrected chi connectivity index (χ0v) is 37.9. The molecule has 3 saturated heterocycles. The third-order valence-corrected chi connectivity index (χ3v) is 15.0. The van der Waals surface area contributed by atoms with E-state index < -0.39 is 30.1 Å². The molecular formula is C49H49F3N12O5. The molecule has 0 bridgehead atoms. The second-order valence-electron chi connectivity index (χ2n) is 19.0. The van der Waals surface area contributed by atoms with E-state index in [-0.39, 0.29) is 60.1 Å². The zero-order chi connectivity index (χ0) is 47.2. The van der Waals surface area contributed by atoms with Crippen LogP contribution in [-0.4, -0.2) is 113 Å². The highest BCUT2D eigenvalue weighted by molar-refractivity contribution is 6.06. The minimum Gasteiger partial charge on any atom is -0.381 e. The largest absolute Gasteiger partial charge is 0.381 e. The maximum absolute atomic E-state index is 16.1. The molecular weight excluding hydrogens is 894 g/mol. The molecule has 6 aromatic rings.